The summed E-state index contributed by atoms with van der Waals surface area (Å²) in [5.41, 5.74) is 0.961. The van der Waals surface area contributed by atoms with E-state index in [0.717, 1.165) is 31.2 Å². The lowest BCUT2D eigenvalue weighted by Crippen LogP contribution is -2.60. The molecule has 2 atom stereocenters. The van der Waals surface area contributed by atoms with Crippen LogP contribution in [0.1, 0.15) is 44.6 Å². The molecule has 2 fully saturated rings. The lowest BCUT2D eigenvalue weighted by Gasteiger charge is -2.41. The predicted octanol–water partition coefficient (Wildman–Crippen LogP) is 3.64. The molecule has 134 valence electrons. The van der Waals surface area contributed by atoms with Gasteiger partial charge in [0.15, 0.2) is 0 Å². The number of halogens is 1. The number of carbonyl (C=O) groups is 3. The maximum absolute atomic E-state index is 12.9. The quantitative estimate of drug-likeness (QED) is 0.768. The number of hydrogen-bond donors (Lipinski definition) is 0. The van der Waals surface area contributed by atoms with Crippen LogP contribution in [0.4, 0.5) is 4.79 Å². The van der Waals surface area contributed by atoms with Gasteiger partial charge in [-0.2, -0.15) is 0 Å². The van der Waals surface area contributed by atoms with Crippen molar-refractivity contribution in [3.05, 3.63) is 34.9 Å². The highest BCUT2D eigenvalue weighted by atomic mass is 35.5. The molecule has 0 bridgehead atoms. The first-order valence-electron chi connectivity index (χ1n) is 8.88. The van der Waals surface area contributed by atoms with E-state index in [4.69, 9.17) is 11.6 Å². The Balaban J connectivity index is 1.73. The van der Waals surface area contributed by atoms with Crippen LogP contribution in [0.3, 0.4) is 0 Å². The molecule has 1 aromatic carbocycles. The van der Waals surface area contributed by atoms with Crippen LogP contribution in [0.5, 0.6) is 0 Å². The molecule has 5 nitrogen and oxygen atoms in total. The minimum atomic E-state index is -0.456. The van der Waals surface area contributed by atoms with Crippen molar-refractivity contribution in [3.63, 3.8) is 0 Å². The van der Waals surface area contributed by atoms with E-state index in [0.29, 0.717) is 11.4 Å². The van der Waals surface area contributed by atoms with Gasteiger partial charge in [-0.3, -0.25) is 19.4 Å². The second kappa shape index (κ2) is 7.56. The second-order valence-corrected chi connectivity index (χ2v) is 7.41. The molecule has 0 N–H and O–H groups in total. The smallest absolute Gasteiger partial charge is 0.274 e. The van der Waals surface area contributed by atoms with Crippen LogP contribution in [0.2, 0.25) is 5.02 Å². The first kappa shape index (κ1) is 17.9. The predicted molar refractivity (Wildman–Crippen MR) is 95.1 cm³/mol. The lowest BCUT2D eigenvalue weighted by molar-refractivity contribution is -0.145. The van der Waals surface area contributed by atoms with Gasteiger partial charge >= 0.3 is 6.03 Å². The largest absolute Gasteiger partial charge is 0.333 e. The molecule has 6 heteroatoms. The van der Waals surface area contributed by atoms with E-state index in [1.807, 2.05) is 18.2 Å². The number of rotatable bonds is 4. The van der Waals surface area contributed by atoms with Gasteiger partial charge in [-0.15, -0.1) is 0 Å². The third-order valence-electron chi connectivity index (χ3n) is 5.22. The Kier molecular flexibility index (Phi) is 5.42. The first-order chi connectivity index (χ1) is 12.0. The minimum Gasteiger partial charge on any atom is -0.274 e. The van der Waals surface area contributed by atoms with Crippen molar-refractivity contribution in [2.75, 3.05) is 6.54 Å². The van der Waals surface area contributed by atoms with Crippen molar-refractivity contribution >= 4 is 29.4 Å². The third-order valence-corrected chi connectivity index (χ3v) is 5.46. The molecule has 1 saturated heterocycles. The van der Waals surface area contributed by atoms with Gasteiger partial charge in [0.1, 0.15) is 6.42 Å². The fourth-order valence-corrected chi connectivity index (χ4v) is 4.03. The molecule has 0 spiro atoms. The Labute approximate surface area is 152 Å². The van der Waals surface area contributed by atoms with Crippen LogP contribution in [-0.2, 0) is 16.0 Å². The maximum Gasteiger partial charge on any atom is 0.333 e. The van der Waals surface area contributed by atoms with E-state index in [9.17, 15) is 14.4 Å². The highest BCUT2D eigenvalue weighted by Crippen LogP contribution is 2.31. The summed E-state index contributed by atoms with van der Waals surface area (Å²) >= 11 is 5.98. The zero-order valence-electron chi connectivity index (χ0n) is 14.4. The van der Waals surface area contributed by atoms with E-state index >= 15 is 0 Å². The molecule has 3 rings (SSSR count). The summed E-state index contributed by atoms with van der Waals surface area (Å²) in [7, 11) is 0. The van der Waals surface area contributed by atoms with Gasteiger partial charge in [-0.05, 0) is 42.9 Å². The van der Waals surface area contributed by atoms with Crippen molar-refractivity contribution in [3.8, 4) is 0 Å². The highest BCUT2D eigenvalue weighted by Gasteiger charge is 2.43. The molecule has 4 amide bonds. The molecular formula is C19H23ClN2O3. The number of urea groups is 1. The molecule has 1 aliphatic heterocycles. The molecule has 1 aliphatic carbocycles. The Hall–Kier alpha value is -1.88. The summed E-state index contributed by atoms with van der Waals surface area (Å²) in [6, 6.07) is 6.82. The van der Waals surface area contributed by atoms with E-state index in [2.05, 4.69) is 6.92 Å². The van der Waals surface area contributed by atoms with Crippen LogP contribution in [0.15, 0.2) is 24.3 Å². The molecule has 1 heterocycles. The number of carbonyl (C=O) groups excluding carboxylic acids is 3. The highest BCUT2D eigenvalue weighted by molar-refractivity contribution is 6.30. The van der Waals surface area contributed by atoms with Crippen LogP contribution in [0.25, 0.3) is 0 Å². The second-order valence-electron chi connectivity index (χ2n) is 6.98. The van der Waals surface area contributed by atoms with Crippen molar-refractivity contribution < 1.29 is 14.4 Å². The Morgan fingerprint density at radius 2 is 1.88 bits per heavy atom. The average Bonchev–Trinajstić information content (AvgIpc) is 2.56. The number of amides is 4. The summed E-state index contributed by atoms with van der Waals surface area (Å²) in [4.78, 5) is 40.0. The van der Waals surface area contributed by atoms with E-state index in [1.54, 1.807) is 6.07 Å². The summed E-state index contributed by atoms with van der Waals surface area (Å²) < 4.78 is 0. The standard InChI is InChI=1S/C19H23ClN2O3/c1-13-5-2-3-8-16(13)22-18(24)12-17(23)21(19(22)25)10-9-14-6-4-7-15(20)11-14/h4,6-7,11,13,16H,2-3,5,8-10,12H2,1H3/t13-,16+/m0/s1. The Bertz CT molecular complexity index is 691. The molecule has 2 aliphatic rings. The molecule has 0 aromatic heterocycles. The topological polar surface area (TPSA) is 57.7 Å². The first-order valence-corrected chi connectivity index (χ1v) is 9.26. The summed E-state index contributed by atoms with van der Waals surface area (Å²) in [6.07, 6.45) is 4.30. The van der Waals surface area contributed by atoms with Crippen molar-refractivity contribution in [2.45, 2.75) is 51.5 Å². The lowest BCUT2D eigenvalue weighted by atomic mass is 9.84. The van der Waals surface area contributed by atoms with Crippen LogP contribution in [-0.4, -0.2) is 40.2 Å². The number of benzene rings is 1. The van der Waals surface area contributed by atoms with Crippen molar-refractivity contribution in [1.29, 1.82) is 0 Å². The van der Waals surface area contributed by atoms with Gasteiger partial charge in [0.25, 0.3) is 0 Å². The SMILES string of the molecule is C[C@H]1CCCC[C@H]1N1C(=O)CC(=O)N(CCc2cccc(Cl)c2)C1=O. The summed E-state index contributed by atoms with van der Waals surface area (Å²) in [5.74, 6) is -0.478. The van der Waals surface area contributed by atoms with E-state index in [1.165, 1.54) is 9.80 Å². The molecule has 0 unspecified atom stereocenters. The maximum atomic E-state index is 12.9. The Morgan fingerprint density at radius 1 is 1.12 bits per heavy atom. The van der Waals surface area contributed by atoms with Gasteiger partial charge in [0, 0.05) is 17.6 Å². The minimum absolute atomic E-state index is 0.0875. The Morgan fingerprint density at radius 3 is 2.60 bits per heavy atom. The van der Waals surface area contributed by atoms with Crippen molar-refractivity contribution in [1.82, 2.24) is 9.80 Å². The zero-order valence-corrected chi connectivity index (χ0v) is 15.2. The van der Waals surface area contributed by atoms with Crippen LogP contribution >= 0.6 is 11.6 Å². The molecule has 0 radical (unpaired) electrons. The normalized spacial score (nSPS) is 24.8. The fourth-order valence-electron chi connectivity index (χ4n) is 3.81. The number of nitrogens with zero attached hydrogens (tertiary/aromatic N) is 2. The average molecular weight is 363 g/mol. The van der Waals surface area contributed by atoms with Gasteiger partial charge in [0.2, 0.25) is 11.8 Å². The summed E-state index contributed by atoms with van der Waals surface area (Å²) in [6.45, 7) is 2.35. The zero-order chi connectivity index (χ0) is 18.0. The van der Waals surface area contributed by atoms with Gasteiger partial charge in [0.05, 0.1) is 0 Å². The third kappa shape index (κ3) is 3.87. The number of hydrogen-bond acceptors (Lipinski definition) is 3. The van der Waals surface area contributed by atoms with Crippen molar-refractivity contribution in [2.24, 2.45) is 5.92 Å². The van der Waals surface area contributed by atoms with Gasteiger partial charge in [-0.25, -0.2) is 4.79 Å². The number of barbiturate groups is 1. The van der Waals surface area contributed by atoms with Crippen LogP contribution in [0, 0.1) is 5.92 Å². The van der Waals surface area contributed by atoms with Crippen LogP contribution < -0.4 is 0 Å². The molecule has 1 aromatic rings. The summed E-state index contributed by atoms with van der Waals surface area (Å²) in [5, 5.41) is 0.627. The molecular weight excluding hydrogens is 340 g/mol. The van der Waals surface area contributed by atoms with E-state index < -0.39 is 11.9 Å². The van der Waals surface area contributed by atoms with Gasteiger partial charge in [-0.1, -0.05) is 43.5 Å². The fraction of sp³-hybridized carbons (Fsp3) is 0.526. The van der Waals surface area contributed by atoms with Gasteiger partial charge < -0.3 is 0 Å². The monoisotopic (exact) mass is 362 g/mol. The molecule has 25 heavy (non-hydrogen) atoms. The molecule has 1 saturated carbocycles. The number of imide groups is 2. The van der Waals surface area contributed by atoms with E-state index in [-0.39, 0.29) is 30.8 Å².